The van der Waals surface area contributed by atoms with Crippen LogP contribution in [-0.4, -0.2) is 47.4 Å². The van der Waals surface area contributed by atoms with Gasteiger partial charge in [0.25, 0.3) is 0 Å². The largest absolute Gasteiger partial charge is 0.417 e. The van der Waals surface area contributed by atoms with Gasteiger partial charge in [0, 0.05) is 38.4 Å². The number of hydrogen-bond donors (Lipinski definition) is 2. The molecular formula is C16H19F3N2O2. The summed E-state index contributed by atoms with van der Waals surface area (Å²) in [6.45, 7) is 0.294. The monoisotopic (exact) mass is 328 g/mol. The van der Waals surface area contributed by atoms with Crippen molar-refractivity contribution in [2.24, 2.45) is 0 Å². The fourth-order valence-corrected chi connectivity index (χ4v) is 3.23. The molecule has 0 bridgehead atoms. The lowest BCUT2D eigenvalue weighted by atomic mass is 9.78. The summed E-state index contributed by atoms with van der Waals surface area (Å²) in [6, 6.07) is 7.65. The number of halogens is 3. The normalized spacial score (nSPS) is 23.0. The molecule has 0 radical (unpaired) electrons. The molecule has 2 N–H and O–H groups in total. The van der Waals surface area contributed by atoms with Gasteiger partial charge in [-0.1, -0.05) is 24.3 Å². The van der Waals surface area contributed by atoms with Crippen LogP contribution in [-0.2, 0) is 6.42 Å². The van der Waals surface area contributed by atoms with E-state index in [2.05, 4.69) is 11.4 Å². The van der Waals surface area contributed by atoms with E-state index in [1.807, 2.05) is 18.2 Å². The SMILES string of the molecule is O=C(NCC1Cc2ccccc21)N1CCC(O)(C(F)(F)F)CC1. The van der Waals surface area contributed by atoms with Crippen molar-refractivity contribution >= 4 is 6.03 Å². The molecular weight excluding hydrogens is 309 g/mol. The number of likely N-dealkylation sites (tertiary alicyclic amines) is 1. The Morgan fingerprint density at radius 1 is 1.30 bits per heavy atom. The zero-order valence-electron chi connectivity index (χ0n) is 12.6. The van der Waals surface area contributed by atoms with Gasteiger partial charge in [0.15, 0.2) is 5.60 Å². The van der Waals surface area contributed by atoms with Gasteiger partial charge >= 0.3 is 12.2 Å². The highest BCUT2D eigenvalue weighted by Crippen LogP contribution is 2.38. The number of fused-ring (bicyclic) bond motifs is 1. The summed E-state index contributed by atoms with van der Waals surface area (Å²) in [5.41, 5.74) is -0.172. The van der Waals surface area contributed by atoms with Crippen molar-refractivity contribution in [1.29, 1.82) is 0 Å². The third-order valence-electron chi connectivity index (χ3n) is 4.87. The maximum atomic E-state index is 12.7. The van der Waals surface area contributed by atoms with E-state index in [1.165, 1.54) is 16.0 Å². The van der Waals surface area contributed by atoms with E-state index in [1.54, 1.807) is 0 Å². The minimum Gasteiger partial charge on any atom is -0.380 e. The number of carbonyl (C=O) groups is 1. The Kier molecular flexibility index (Phi) is 4.00. The molecule has 1 aromatic rings. The number of piperidine rings is 1. The number of aliphatic hydroxyl groups is 1. The number of nitrogens with zero attached hydrogens (tertiary/aromatic N) is 1. The highest BCUT2D eigenvalue weighted by molar-refractivity contribution is 5.74. The molecule has 0 saturated carbocycles. The van der Waals surface area contributed by atoms with E-state index in [0.29, 0.717) is 6.54 Å². The number of benzene rings is 1. The van der Waals surface area contributed by atoms with E-state index in [0.717, 1.165) is 6.42 Å². The van der Waals surface area contributed by atoms with Crippen molar-refractivity contribution in [3.8, 4) is 0 Å². The van der Waals surface area contributed by atoms with Crippen LogP contribution in [0.2, 0.25) is 0 Å². The number of nitrogens with one attached hydrogen (secondary N) is 1. The predicted molar refractivity (Wildman–Crippen MR) is 78.1 cm³/mol. The molecule has 1 heterocycles. The summed E-state index contributed by atoms with van der Waals surface area (Å²) in [7, 11) is 0. The van der Waals surface area contributed by atoms with Gasteiger partial charge < -0.3 is 15.3 Å². The predicted octanol–water partition coefficient (Wildman–Crippen LogP) is 2.43. The first kappa shape index (κ1) is 16.1. The molecule has 0 spiro atoms. The number of carbonyl (C=O) groups excluding carboxylic acids is 1. The van der Waals surface area contributed by atoms with Gasteiger partial charge in [0.1, 0.15) is 0 Å². The first-order valence-corrected chi connectivity index (χ1v) is 7.70. The molecule has 1 atom stereocenters. The number of rotatable bonds is 2. The Labute approximate surface area is 132 Å². The van der Waals surface area contributed by atoms with Crippen molar-refractivity contribution in [2.45, 2.75) is 37.0 Å². The molecule has 1 aliphatic heterocycles. The summed E-state index contributed by atoms with van der Waals surface area (Å²) in [5, 5.41) is 12.4. The minimum absolute atomic E-state index is 0.0941. The smallest absolute Gasteiger partial charge is 0.380 e. The van der Waals surface area contributed by atoms with Crippen LogP contribution >= 0.6 is 0 Å². The van der Waals surface area contributed by atoms with Gasteiger partial charge in [-0.3, -0.25) is 0 Å². The molecule has 7 heteroatoms. The van der Waals surface area contributed by atoms with Crippen LogP contribution in [0.5, 0.6) is 0 Å². The number of alkyl halides is 3. The standard InChI is InChI=1S/C16H19F3N2O2/c17-16(18,19)15(23)5-7-21(8-6-15)14(22)20-10-12-9-11-3-1-2-4-13(11)12/h1-4,12,23H,5-10H2,(H,20,22). The van der Waals surface area contributed by atoms with Crippen LogP contribution in [0.3, 0.4) is 0 Å². The summed E-state index contributed by atoms with van der Waals surface area (Å²) in [6.07, 6.45) is -4.69. The van der Waals surface area contributed by atoms with Crippen LogP contribution < -0.4 is 5.32 Å². The van der Waals surface area contributed by atoms with Crippen molar-refractivity contribution in [3.05, 3.63) is 35.4 Å². The molecule has 23 heavy (non-hydrogen) atoms. The molecule has 126 valence electrons. The highest BCUT2D eigenvalue weighted by Gasteiger charge is 2.54. The second-order valence-corrected chi connectivity index (χ2v) is 6.30. The lowest BCUT2D eigenvalue weighted by Gasteiger charge is -2.39. The molecule has 4 nitrogen and oxygen atoms in total. The second-order valence-electron chi connectivity index (χ2n) is 6.30. The zero-order valence-corrected chi connectivity index (χ0v) is 12.6. The van der Waals surface area contributed by atoms with E-state index in [-0.39, 0.29) is 25.0 Å². The van der Waals surface area contributed by atoms with E-state index in [4.69, 9.17) is 0 Å². The maximum Gasteiger partial charge on any atom is 0.417 e. The number of urea groups is 1. The Morgan fingerprint density at radius 3 is 2.57 bits per heavy atom. The minimum atomic E-state index is -4.65. The number of amides is 2. The maximum absolute atomic E-state index is 12.7. The lowest BCUT2D eigenvalue weighted by Crippen LogP contribution is -2.56. The third-order valence-corrected chi connectivity index (χ3v) is 4.87. The Balaban J connectivity index is 1.48. The topological polar surface area (TPSA) is 52.6 Å². The summed E-state index contributed by atoms with van der Waals surface area (Å²) >= 11 is 0. The van der Waals surface area contributed by atoms with Crippen molar-refractivity contribution in [2.75, 3.05) is 19.6 Å². The average molecular weight is 328 g/mol. The van der Waals surface area contributed by atoms with Gasteiger partial charge in [0.05, 0.1) is 0 Å². The Morgan fingerprint density at radius 2 is 1.96 bits per heavy atom. The van der Waals surface area contributed by atoms with Crippen LogP contribution in [0.25, 0.3) is 0 Å². The third kappa shape index (κ3) is 3.02. The van der Waals surface area contributed by atoms with Crippen LogP contribution in [0.1, 0.15) is 29.9 Å². The molecule has 1 aliphatic carbocycles. The van der Waals surface area contributed by atoms with Gasteiger partial charge in [-0.2, -0.15) is 13.2 Å². The Hall–Kier alpha value is -1.76. The first-order chi connectivity index (χ1) is 10.8. The van der Waals surface area contributed by atoms with Crippen molar-refractivity contribution in [1.82, 2.24) is 10.2 Å². The second kappa shape index (κ2) is 5.70. The molecule has 3 rings (SSSR count). The van der Waals surface area contributed by atoms with E-state index in [9.17, 15) is 23.1 Å². The lowest BCUT2D eigenvalue weighted by molar-refractivity contribution is -0.271. The fraction of sp³-hybridized carbons (Fsp3) is 0.562. The average Bonchev–Trinajstić information content (AvgIpc) is 2.47. The van der Waals surface area contributed by atoms with E-state index < -0.39 is 24.6 Å². The van der Waals surface area contributed by atoms with Crippen molar-refractivity contribution < 1.29 is 23.1 Å². The number of hydrogen-bond acceptors (Lipinski definition) is 2. The summed E-state index contributed by atoms with van der Waals surface area (Å²) in [4.78, 5) is 13.4. The van der Waals surface area contributed by atoms with Gasteiger partial charge in [-0.15, -0.1) is 0 Å². The van der Waals surface area contributed by atoms with Gasteiger partial charge in [-0.05, 0) is 17.5 Å². The molecule has 1 saturated heterocycles. The molecule has 0 aromatic heterocycles. The van der Waals surface area contributed by atoms with Crippen molar-refractivity contribution in [3.63, 3.8) is 0 Å². The first-order valence-electron chi connectivity index (χ1n) is 7.70. The highest BCUT2D eigenvalue weighted by atomic mass is 19.4. The van der Waals surface area contributed by atoms with E-state index >= 15 is 0 Å². The van der Waals surface area contributed by atoms with Gasteiger partial charge in [0.2, 0.25) is 0 Å². The summed E-state index contributed by atoms with van der Waals surface area (Å²) in [5.74, 6) is 0.270. The molecule has 1 unspecified atom stereocenters. The Bertz CT molecular complexity index is 595. The summed E-state index contributed by atoms with van der Waals surface area (Å²) < 4.78 is 38.2. The molecule has 1 aromatic carbocycles. The fourth-order valence-electron chi connectivity index (χ4n) is 3.23. The van der Waals surface area contributed by atoms with Crippen LogP contribution in [0.15, 0.2) is 24.3 Å². The molecule has 2 amide bonds. The molecule has 2 aliphatic rings. The molecule has 1 fully saturated rings. The van der Waals surface area contributed by atoms with Crippen LogP contribution in [0.4, 0.5) is 18.0 Å². The van der Waals surface area contributed by atoms with Crippen LogP contribution in [0, 0.1) is 0 Å². The zero-order chi connectivity index (χ0) is 16.7. The van der Waals surface area contributed by atoms with Gasteiger partial charge in [-0.25, -0.2) is 4.79 Å². The quantitative estimate of drug-likeness (QED) is 0.876.